The van der Waals surface area contributed by atoms with Gasteiger partial charge in [0.25, 0.3) is 0 Å². The molecule has 1 N–H and O–H groups in total. The van der Waals surface area contributed by atoms with Gasteiger partial charge in [-0.15, -0.1) is 0 Å². The van der Waals surface area contributed by atoms with Crippen LogP contribution < -0.4 is 14.8 Å². The molecule has 0 bridgehead atoms. The number of rotatable bonds is 6. The lowest BCUT2D eigenvalue weighted by molar-refractivity contribution is -0.118. The van der Waals surface area contributed by atoms with E-state index in [9.17, 15) is 9.59 Å². The maximum Gasteiger partial charge on any atom is 0.344 e. The molecule has 3 amide bonds. The summed E-state index contributed by atoms with van der Waals surface area (Å²) in [4.78, 5) is 22.6. The number of benzene rings is 2. The summed E-state index contributed by atoms with van der Waals surface area (Å²) in [6.45, 7) is 0.353. The smallest absolute Gasteiger partial charge is 0.344 e. The zero-order valence-electron chi connectivity index (χ0n) is 13.6. The van der Waals surface area contributed by atoms with E-state index in [2.05, 4.69) is 10.4 Å². The highest BCUT2D eigenvalue weighted by atomic mass is 16.5. The van der Waals surface area contributed by atoms with Crippen molar-refractivity contribution in [2.24, 2.45) is 5.10 Å². The molecule has 0 saturated carbocycles. The van der Waals surface area contributed by atoms with Gasteiger partial charge in [0.05, 0.1) is 13.3 Å². The van der Waals surface area contributed by atoms with E-state index in [0.29, 0.717) is 18.1 Å². The van der Waals surface area contributed by atoms with Crippen molar-refractivity contribution in [3.05, 3.63) is 59.7 Å². The number of nitrogens with one attached hydrogen (secondary N) is 1. The van der Waals surface area contributed by atoms with E-state index in [4.69, 9.17) is 9.47 Å². The number of imide groups is 1. The van der Waals surface area contributed by atoms with Gasteiger partial charge < -0.3 is 9.47 Å². The molecule has 128 valence electrons. The van der Waals surface area contributed by atoms with Crippen LogP contribution >= 0.6 is 0 Å². The van der Waals surface area contributed by atoms with Crippen LogP contribution in [0.1, 0.15) is 11.1 Å². The van der Waals surface area contributed by atoms with E-state index in [0.717, 1.165) is 16.1 Å². The maximum absolute atomic E-state index is 11.4. The minimum absolute atomic E-state index is 0.0786. The summed E-state index contributed by atoms with van der Waals surface area (Å²) in [7, 11) is 1.55. The van der Waals surface area contributed by atoms with E-state index in [1.165, 1.54) is 6.21 Å². The van der Waals surface area contributed by atoms with Crippen LogP contribution in [0, 0.1) is 0 Å². The van der Waals surface area contributed by atoms with Gasteiger partial charge in [0, 0.05) is 0 Å². The second kappa shape index (κ2) is 7.48. The predicted octanol–water partition coefficient (Wildman–Crippen LogP) is 2.16. The number of carbonyl (C=O) groups is 2. The van der Waals surface area contributed by atoms with Gasteiger partial charge in [0.15, 0.2) is 11.5 Å². The van der Waals surface area contributed by atoms with E-state index in [1.807, 2.05) is 30.3 Å². The van der Waals surface area contributed by atoms with Crippen molar-refractivity contribution in [1.29, 1.82) is 0 Å². The standard InChI is InChI=1S/C18H17N3O4/c1-24-16-9-14(10-19-21-11-17(22)20-18(21)23)7-8-15(16)25-12-13-5-3-2-4-6-13/h2-10H,11-12H2,1H3,(H,20,22,23). The molecule has 0 radical (unpaired) electrons. The monoisotopic (exact) mass is 339 g/mol. The third-order valence-electron chi connectivity index (χ3n) is 3.55. The Morgan fingerprint density at radius 2 is 1.96 bits per heavy atom. The van der Waals surface area contributed by atoms with Gasteiger partial charge in [0.2, 0.25) is 5.91 Å². The number of hydrazone groups is 1. The number of methoxy groups -OCH3 is 1. The maximum atomic E-state index is 11.4. The third-order valence-corrected chi connectivity index (χ3v) is 3.55. The molecule has 1 aliphatic heterocycles. The summed E-state index contributed by atoms with van der Waals surface area (Å²) in [5.41, 5.74) is 1.77. The molecule has 0 atom stereocenters. The Morgan fingerprint density at radius 3 is 2.64 bits per heavy atom. The van der Waals surface area contributed by atoms with Gasteiger partial charge in [-0.25, -0.2) is 9.80 Å². The van der Waals surface area contributed by atoms with Crippen molar-refractivity contribution in [2.75, 3.05) is 13.7 Å². The van der Waals surface area contributed by atoms with Crippen LogP contribution in [0.15, 0.2) is 53.6 Å². The first-order chi connectivity index (χ1) is 12.2. The minimum Gasteiger partial charge on any atom is -0.493 e. The highest BCUT2D eigenvalue weighted by Crippen LogP contribution is 2.28. The molecule has 2 aromatic rings. The Bertz CT molecular complexity index is 805. The molecule has 0 spiro atoms. The van der Waals surface area contributed by atoms with E-state index >= 15 is 0 Å². The molecule has 0 aromatic heterocycles. The van der Waals surface area contributed by atoms with Crippen LogP contribution in [0.25, 0.3) is 0 Å². The number of carbonyl (C=O) groups excluding carboxylic acids is 2. The zero-order chi connectivity index (χ0) is 17.6. The molecule has 0 aliphatic carbocycles. The number of urea groups is 1. The quantitative estimate of drug-likeness (QED) is 0.646. The number of hydrogen-bond acceptors (Lipinski definition) is 5. The summed E-state index contributed by atoms with van der Waals surface area (Å²) in [5, 5.41) is 7.22. The number of nitrogens with zero attached hydrogens (tertiary/aromatic N) is 2. The average molecular weight is 339 g/mol. The largest absolute Gasteiger partial charge is 0.493 e. The second-order valence-corrected chi connectivity index (χ2v) is 5.34. The molecule has 2 aromatic carbocycles. The molecule has 3 rings (SSSR count). The Labute approximate surface area is 144 Å². The van der Waals surface area contributed by atoms with Gasteiger partial charge in [-0.05, 0) is 29.3 Å². The summed E-state index contributed by atoms with van der Waals surface area (Å²) in [6.07, 6.45) is 1.49. The van der Waals surface area contributed by atoms with E-state index < -0.39 is 6.03 Å². The SMILES string of the molecule is COc1cc(C=NN2CC(=O)NC2=O)ccc1OCc1ccccc1. The van der Waals surface area contributed by atoms with Crippen LogP contribution in [0.3, 0.4) is 0 Å². The number of hydrogen-bond donors (Lipinski definition) is 1. The van der Waals surface area contributed by atoms with Gasteiger partial charge in [-0.3, -0.25) is 10.1 Å². The first kappa shape index (κ1) is 16.5. The van der Waals surface area contributed by atoms with E-state index in [-0.39, 0.29) is 12.5 Å². The molecule has 7 nitrogen and oxygen atoms in total. The van der Waals surface area contributed by atoms with E-state index in [1.54, 1.807) is 25.3 Å². The Balaban J connectivity index is 1.69. The predicted molar refractivity (Wildman–Crippen MR) is 91.6 cm³/mol. The number of amides is 3. The van der Waals surface area contributed by atoms with Crippen LogP contribution in [0.4, 0.5) is 4.79 Å². The third kappa shape index (κ3) is 4.14. The fourth-order valence-corrected chi connectivity index (χ4v) is 2.28. The van der Waals surface area contributed by atoms with Crippen molar-refractivity contribution in [2.45, 2.75) is 6.61 Å². The van der Waals surface area contributed by atoms with Crippen molar-refractivity contribution in [1.82, 2.24) is 10.3 Å². The minimum atomic E-state index is -0.531. The average Bonchev–Trinajstić information content (AvgIpc) is 2.96. The highest BCUT2D eigenvalue weighted by Gasteiger charge is 2.25. The van der Waals surface area contributed by atoms with Crippen LogP contribution in [0.5, 0.6) is 11.5 Å². The van der Waals surface area contributed by atoms with Crippen molar-refractivity contribution < 1.29 is 19.1 Å². The fraction of sp³-hybridized carbons (Fsp3) is 0.167. The van der Waals surface area contributed by atoms with Crippen LogP contribution in [-0.2, 0) is 11.4 Å². The molecule has 7 heteroatoms. The van der Waals surface area contributed by atoms with Gasteiger partial charge in [-0.2, -0.15) is 5.10 Å². The van der Waals surface area contributed by atoms with Crippen molar-refractivity contribution >= 4 is 18.2 Å². The molecule has 1 heterocycles. The van der Waals surface area contributed by atoms with Crippen molar-refractivity contribution in [3.8, 4) is 11.5 Å². The molecular formula is C18H17N3O4. The molecule has 1 aliphatic rings. The van der Waals surface area contributed by atoms with Gasteiger partial charge in [0.1, 0.15) is 13.2 Å². The van der Waals surface area contributed by atoms with Crippen LogP contribution in [-0.4, -0.2) is 36.8 Å². The first-order valence-electron chi connectivity index (χ1n) is 7.66. The highest BCUT2D eigenvalue weighted by molar-refractivity contribution is 6.02. The lowest BCUT2D eigenvalue weighted by atomic mass is 10.2. The molecular weight excluding hydrogens is 322 g/mol. The Kier molecular flexibility index (Phi) is 4.94. The van der Waals surface area contributed by atoms with Crippen molar-refractivity contribution in [3.63, 3.8) is 0 Å². The topological polar surface area (TPSA) is 80.2 Å². The zero-order valence-corrected chi connectivity index (χ0v) is 13.6. The molecule has 1 saturated heterocycles. The van der Waals surface area contributed by atoms with Gasteiger partial charge in [-0.1, -0.05) is 30.3 Å². The molecule has 1 fully saturated rings. The number of ether oxygens (including phenoxy) is 2. The van der Waals surface area contributed by atoms with Crippen LogP contribution in [0.2, 0.25) is 0 Å². The lowest BCUT2D eigenvalue weighted by Crippen LogP contribution is -2.24. The normalized spacial score (nSPS) is 14.0. The van der Waals surface area contributed by atoms with Gasteiger partial charge >= 0.3 is 6.03 Å². The molecule has 0 unspecified atom stereocenters. The first-order valence-corrected chi connectivity index (χ1v) is 7.66. The summed E-state index contributed by atoms with van der Waals surface area (Å²) in [5.74, 6) is 0.795. The summed E-state index contributed by atoms with van der Waals surface area (Å²) in [6, 6.07) is 14.6. The Hall–Kier alpha value is -3.35. The second-order valence-electron chi connectivity index (χ2n) is 5.34. The lowest BCUT2D eigenvalue weighted by Gasteiger charge is -2.11. The summed E-state index contributed by atoms with van der Waals surface area (Å²) < 4.78 is 11.1. The fourth-order valence-electron chi connectivity index (χ4n) is 2.28. The Morgan fingerprint density at radius 1 is 1.16 bits per heavy atom. The molecule has 25 heavy (non-hydrogen) atoms. The summed E-state index contributed by atoms with van der Waals surface area (Å²) >= 11 is 0.